The van der Waals surface area contributed by atoms with E-state index in [-0.39, 0.29) is 5.78 Å². The van der Waals surface area contributed by atoms with Crippen LogP contribution in [-0.2, 0) is 12.8 Å². The Morgan fingerprint density at radius 3 is 2.89 bits per heavy atom. The Kier molecular flexibility index (Phi) is 3.00. The van der Waals surface area contributed by atoms with E-state index in [1.54, 1.807) is 11.3 Å². The molecule has 0 saturated heterocycles. The van der Waals surface area contributed by atoms with E-state index < -0.39 is 0 Å². The van der Waals surface area contributed by atoms with Crippen molar-refractivity contribution < 1.29 is 4.79 Å². The van der Waals surface area contributed by atoms with E-state index in [2.05, 4.69) is 30.1 Å². The molecule has 0 fully saturated rings. The normalized spacial score (nSPS) is 14.6. The minimum atomic E-state index is 0.215. The van der Waals surface area contributed by atoms with Crippen molar-refractivity contribution in [1.29, 1.82) is 0 Å². The van der Waals surface area contributed by atoms with E-state index in [4.69, 9.17) is 0 Å². The summed E-state index contributed by atoms with van der Waals surface area (Å²) in [6, 6.07) is 8.34. The van der Waals surface area contributed by atoms with Gasteiger partial charge in [-0.15, -0.1) is 11.3 Å². The van der Waals surface area contributed by atoms with Gasteiger partial charge in [-0.25, -0.2) is 4.98 Å². The van der Waals surface area contributed by atoms with Gasteiger partial charge in [0.1, 0.15) is 10.7 Å². The molecular formula is C15H15NOS. The van der Waals surface area contributed by atoms with E-state index in [1.807, 2.05) is 6.07 Å². The highest BCUT2D eigenvalue weighted by Crippen LogP contribution is 2.34. The number of ketones is 1. The number of aromatic nitrogens is 1. The minimum Gasteiger partial charge on any atom is -0.292 e. The van der Waals surface area contributed by atoms with Crippen LogP contribution in [-0.4, -0.2) is 10.8 Å². The predicted molar refractivity (Wildman–Crippen MR) is 74.2 cm³/mol. The van der Waals surface area contributed by atoms with Crippen molar-refractivity contribution in [2.75, 3.05) is 0 Å². The molecule has 0 radical (unpaired) electrons. The number of nitrogens with zero attached hydrogens (tertiary/aromatic N) is 1. The molecule has 0 N–H and O–H groups in total. The van der Waals surface area contributed by atoms with Gasteiger partial charge in [-0.1, -0.05) is 31.2 Å². The van der Waals surface area contributed by atoms with E-state index >= 15 is 0 Å². The van der Waals surface area contributed by atoms with Crippen LogP contribution in [0.3, 0.4) is 0 Å². The molecule has 0 spiro atoms. The second-order valence-electron chi connectivity index (χ2n) is 4.58. The second kappa shape index (κ2) is 4.65. The minimum absolute atomic E-state index is 0.215. The van der Waals surface area contributed by atoms with Crippen LogP contribution >= 0.6 is 11.3 Å². The number of benzene rings is 1. The molecule has 0 unspecified atom stereocenters. The van der Waals surface area contributed by atoms with Crippen LogP contribution < -0.4 is 0 Å². The first kappa shape index (κ1) is 11.6. The van der Waals surface area contributed by atoms with Crippen molar-refractivity contribution in [2.45, 2.75) is 32.6 Å². The summed E-state index contributed by atoms with van der Waals surface area (Å²) < 4.78 is 0. The fraction of sp³-hybridized carbons (Fsp3) is 0.333. The van der Waals surface area contributed by atoms with E-state index in [0.717, 1.165) is 30.0 Å². The summed E-state index contributed by atoms with van der Waals surface area (Å²) >= 11 is 1.69. The molecule has 1 aromatic heterocycles. The summed E-state index contributed by atoms with van der Waals surface area (Å²) in [6.45, 7) is 2.15. The molecule has 3 rings (SSSR count). The molecule has 2 nitrogen and oxygen atoms in total. The van der Waals surface area contributed by atoms with Gasteiger partial charge < -0.3 is 0 Å². The van der Waals surface area contributed by atoms with Crippen molar-refractivity contribution in [2.24, 2.45) is 0 Å². The Morgan fingerprint density at radius 1 is 1.28 bits per heavy atom. The molecule has 1 aromatic carbocycles. The van der Waals surface area contributed by atoms with Crippen molar-refractivity contribution in [3.63, 3.8) is 0 Å². The fourth-order valence-electron chi connectivity index (χ4n) is 2.42. The molecule has 1 heterocycles. The Morgan fingerprint density at radius 2 is 2.11 bits per heavy atom. The summed E-state index contributed by atoms with van der Waals surface area (Å²) in [5.41, 5.74) is 3.22. The lowest BCUT2D eigenvalue weighted by atomic mass is 10.0. The van der Waals surface area contributed by atoms with E-state index in [9.17, 15) is 4.79 Å². The van der Waals surface area contributed by atoms with Crippen LogP contribution in [0.5, 0.6) is 0 Å². The predicted octanol–water partition coefficient (Wildman–Crippen LogP) is 3.89. The lowest BCUT2D eigenvalue weighted by Gasteiger charge is -2.06. The number of hydrogen-bond acceptors (Lipinski definition) is 3. The van der Waals surface area contributed by atoms with E-state index in [1.165, 1.54) is 16.0 Å². The smallest absolute Gasteiger partial charge is 0.182 e. The van der Waals surface area contributed by atoms with Gasteiger partial charge in [0.2, 0.25) is 0 Å². The number of carbonyl (C=O) groups is 1. The molecule has 0 aliphatic heterocycles. The zero-order valence-corrected chi connectivity index (χ0v) is 11.2. The zero-order chi connectivity index (χ0) is 12.5. The topological polar surface area (TPSA) is 30.0 Å². The molecule has 0 bridgehead atoms. The molecule has 1 aliphatic carbocycles. The molecule has 2 aromatic rings. The number of thiazole rings is 1. The van der Waals surface area contributed by atoms with Crippen LogP contribution in [0.4, 0.5) is 0 Å². The van der Waals surface area contributed by atoms with Gasteiger partial charge in [-0.2, -0.15) is 0 Å². The Bertz CT molecular complexity index is 600. The summed E-state index contributed by atoms with van der Waals surface area (Å²) in [4.78, 5) is 17.6. The number of carbonyl (C=O) groups excluding carboxylic acids is 1. The Labute approximate surface area is 111 Å². The highest BCUT2D eigenvalue weighted by atomic mass is 32.1. The van der Waals surface area contributed by atoms with Gasteiger partial charge in [0.25, 0.3) is 0 Å². The average molecular weight is 257 g/mol. The first-order valence-electron chi connectivity index (χ1n) is 6.40. The third-order valence-corrected chi connectivity index (χ3v) is 4.55. The van der Waals surface area contributed by atoms with Crippen LogP contribution in [0.2, 0.25) is 0 Å². The van der Waals surface area contributed by atoms with Crippen LogP contribution in [0, 0.1) is 0 Å². The molecule has 0 saturated carbocycles. The first-order chi connectivity index (χ1) is 8.79. The number of fused-ring (bicyclic) bond motifs is 1. The highest BCUT2D eigenvalue weighted by molar-refractivity contribution is 7.15. The number of Topliss-reactive ketones (excluding diaryl/α,β-unsaturated/α-hetero) is 1. The number of rotatable bonds is 2. The van der Waals surface area contributed by atoms with Crippen LogP contribution in [0.1, 0.15) is 40.7 Å². The van der Waals surface area contributed by atoms with Crippen LogP contribution in [0.25, 0.3) is 10.6 Å². The lowest BCUT2D eigenvalue weighted by Crippen LogP contribution is -2.08. The summed E-state index contributed by atoms with van der Waals surface area (Å²) in [5.74, 6) is 0.215. The largest absolute Gasteiger partial charge is 0.292 e. The average Bonchev–Trinajstić information content (AvgIpc) is 2.84. The van der Waals surface area contributed by atoms with Gasteiger partial charge in [-0.3, -0.25) is 4.79 Å². The van der Waals surface area contributed by atoms with Crippen molar-refractivity contribution >= 4 is 17.1 Å². The van der Waals surface area contributed by atoms with Crippen LogP contribution in [0.15, 0.2) is 24.3 Å². The summed E-state index contributed by atoms with van der Waals surface area (Å²) in [5, 5.41) is 1.01. The van der Waals surface area contributed by atoms with Crippen molar-refractivity contribution in [3.8, 4) is 10.6 Å². The van der Waals surface area contributed by atoms with E-state index in [0.29, 0.717) is 6.42 Å². The molecule has 92 valence electrons. The fourth-order valence-corrected chi connectivity index (χ4v) is 3.60. The van der Waals surface area contributed by atoms with Gasteiger partial charge in [0.15, 0.2) is 5.78 Å². The maximum atomic E-state index is 11.8. The molecule has 0 atom stereocenters. The van der Waals surface area contributed by atoms with Gasteiger partial charge in [-0.05, 0) is 24.8 Å². The standard InChI is InChI=1S/C15H15NOS/c1-2-10-6-3-4-7-11(10)15-16-14-12(17)8-5-9-13(14)18-15/h3-4,6-7H,2,5,8-9H2,1H3. The molecule has 1 aliphatic rings. The van der Waals surface area contributed by atoms with Gasteiger partial charge in [0.05, 0.1) is 0 Å². The SMILES string of the molecule is CCc1ccccc1-c1nc2c(s1)CCCC2=O. The Balaban J connectivity index is 2.10. The third-order valence-electron chi connectivity index (χ3n) is 3.40. The zero-order valence-electron chi connectivity index (χ0n) is 10.4. The second-order valence-corrected chi connectivity index (χ2v) is 5.66. The molecule has 18 heavy (non-hydrogen) atoms. The van der Waals surface area contributed by atoms with Crippen molar-refractivity contribution in [1.82, 2.24) is 4.98 Å². The number of aryl methyl sites for hydroxylation is 2. The quantitative estimate of drug-likeness (QED) is 0.817. The van der Waals surface area contributed by atoms with Gasteiger partial charge in [0, 0.05) is 16.9 Å². The Hall–Kier alpha value is -1.48. The molecule has 3 heteroatoms. The summed E-state index contributed by atoms with van der Waals surface area (Å²) in [6.07, 6.45) is 3.63. The maximum absolute atomic E-state index is 11.8. The lowest BCUT2D eigenvalue weighted by molar-refractivity contribution is 0.0968. The number of hydrogen-bond donors (Lipinski definition) is 0. The summed E-state index contributed by atoms with van der Waals surface area (Å²) in [7, 11) is 0. The highest BCUT2D eigenvalue weighted by Gasteiger charge is 2.23. The van der Waals surface area contributed by atoms with Crippen molar-refractivity contribution in [3.05, 3.63) is 40.4 Å². The molecular weight excluding hydrogens is 242 g/mol. The third kappa shape index (κ3) is 1.89. The van der Waals surface area contributed by atoms with Gasteiger partial charge >= 0.3 is 0 Å². The first-order valence-corrected chi connectivity index (χ1v) is 7.22. The monoisotopic (exact) mass is 257 g/mol. The molecule has 0 amide bonds. The maximum Gasteiger partial charge on any atom is 0.182 e.